The number of anilines is 1. The molecule has 4 nitrogen and oxygen atoms in total. The number of hydrogen-bond acceptors (Lipinski definition) is 2. The van der Waals surface area contributed by atoms with E-state index in [9.17, 15) is 4.79 Å². The van der Waals surface area contributed by atoms with Crippen LogP contribution in [0.4, 0.5) is 5.69 Å². The SMILES string of the molecule is Cc1nn(-c2ccccc2)c(C)c1C(=O)Nc1ccc2c(c1)CCC2. The molecule has 25 heavy (non-hydrogen) atoms. The van der Waals surface area contributed by atoms with Gasteiger partial charge in [0.1, 0.15) is 0 Å². The first kappa shape index (κ1) is 15.6. The molecule has 1 aromatic heterocycles. The number of amides is 1. The van der Waals surface area contributed by atoms with Gasteiger partial charge >= 0.3 is 0 Å². The normalized spacial score (nSPS) is 12.9. The molecular weight excluding hydrogens is 310 g/mol. The molecule has 1 aliphatic rings. The first-order chi connectivity index (χ1) is 12.1. The zero-order valence-electron chi connectivity index (χ0n) is 14.5. The molecule has 1 heterocycles. The van der Waals surface area contributed by atoms with E-state index < -0.39 is 0 Å². The van der Waals surface area contributed by atoms with Crippen LogP contribution in [-0.4, -0.2) is 15.7 Å². The Labute approximate surface area is 147 Å². The van der Waals surface area contributed by atoms with Gasteiger partial charge in [-0.1, -0.05) is 24.3 Å². The van der Waals surface area contributed by atoms with Crippen LogP contribution < -0.4 is 5.32 Å². The maximum atomic E-state index is 12.8. The predicted molar refractivity (Wildman–Crippen MR) is 99.5 cm³/mol. The van der Waals surface area contributed by atoms with Gasteiger partial charge in [-0.15, -0.1) is 0 Å². The monoisotopic (exact) mass is 331 g/mol. The minimum atomic E-state index is -0.102. The molecule has 3 aromatic rings. The van der Waals surface area contributed by atoms with Crippen LogP contribution in [0.15, 0.2) is 48.5 Å². The van der Waals surface area contributed by atoms with Crippen molar-refractivity contribution in [2.75, 3.05) is 5.32 Å². The highest BCUT2D eigenvalue weighted by Crippen LogP contribution is 2.26. The van der Waals surface area contributed by atoms with E-state index in [2.05, 4.69) is 22.5 Å². The smallest absolute Gasteiger partial charge is 0.259 e. The van der Waals surface area contributed by atoms with Crippen molar-refractivity contribution >= 4 is 11.6 Å². The lowest BCUT2D eigenvalue weighted by atomic mass is 10.1. The standard InChI is InChI=1S/C21H21N3O/c1-14-20(15(2)24(23-14)19-9-4-3-5-10-19)21(25)22-18-12-11-16-7-6-8-17(16)13-18/h3-5,9-13H,6-8H2,1-2H3,(H,22,25). The lowest BCUT2D eigenvalue weighted by Gasteiger charge is -2.08. The fraction of sp³-hybridized carbons (Fsp3) is 0.238. The number of carbonyl (C=O) groups is 1. The minimum absolute atomic E-state index is 0.102. The molecule has 0 bridgehead atoms. The molecule has 1 N–H and O–H groups in total. The molecule has 0 unspecified atom stereocenters. The first-order valence-electron chi connectivity index (χ1n) is 8.68. The highest BCUT2D eigenvalue weighted by Gasteiger charge is 2.20. The van der Waals surface area contributed by atoms with Gasteiger partial charge in [0.25, 0.3) is 5.91 Å². The maximum Gasteiger partial charge on any atom is 0.259 e. The largest absolute Gasteiger partial charge is 0.322 e. The highest BCUT2D eigenvalue weighted by molar-refractivity contribution is 6.06. The molecule has 2 aromatic carbocycles. The Morgan fingerprint density at radius 2 is 1.80 bits per heavy atom. The van der Waals surface area contributed by atoms with Crippen LogP contribution in [0.1, 0.15) is 39.3 Å². The van der Waals surface area contributed by atoms with Gasteiger partial charge in [0, 0.05) is 5.69 Å². The third kappa shape index (κ3) is 2.84. The van der Waals surface area contributed by atoms with Crippen molar-refractivity contribution in [1.29, 1.82) is 0 Å². The molecule has 1 amide bonds. The molecule has 0 aliphatic heterocycles. The molecule has 0 radical (unpaired) electrons. The number of benzene rings is 2. The second-order valence-corrected chi connectivity index (χ2v) is 6.58. The lowest BCUT2D eigenvalue weighted by molar-refractivity contribution is 0.102. The summed E-state index contributed by atoms with van der Waals surface area (Å²) in [5.41, 5.74) is 6.80. The zero-order chi connectivity index (χ0) is 17.4. The third-order valence-electron chi connectivity index (χ3n) is 4.88. The van der Waals surface area contributed by atoms with Gasteiger partial charge < -0.3 is 5.32 Å². The van der Waals surface area contributed by atoms with E-state index in [-0.39, 0.29) is 5.91 Å². The van der Waals surface area contributed by atoms with Crippen molar-refractivity contribution in [1.82, 2.24) is 9.78 Å². The number of aromatic nitrogens is 2. The second-order valence-electron chi connectivity index (χ2n) is 6.58. The van der Waals surface area contributed by atoms with Crippen LogP contribution in [0.3, 0.4) is 0 Å². The lowest BCUT2D eigenvalue weighted by Crippen LogP contribution is -2.14. The number of carbonyl (C=O) groups excluding carboxylic acids is 1. The van der Waals surface area contributed by atoms with Crippen molar-refractivity contribution in [2.45, 2.75) is 33.1 Å². The summed E-state index contributed by atoms with van der Waals surface area (Å²) < 4.78 is 1.83. The Bertz CT molecular complexity index is 941. The number of fused-ring (bicyclic) bond motifs is 1. The Kier molecular flexibility index (Phi) is 3.88. The molecule has 4 heteroatoms. The third-order valence-corrected chi connectivity index (χ3v) is 4.88. The van der Waals surface area contributed by atoms with Crippen LogP contribution >= 0.6 is 0 Å². The summed E-state index contributed by atoms with van der Waals surface area (Å²) in [6.07, 6.45) is 3.45. The average Bonchev–Trinajstić information content (AvgIpc) is 3.19. The van der Waals surface area contributed by atoms with E-state index in [0.29, 0.717) is 5.56 Å². The van der Waals surface area contributed by atoms with Crippen molar-refractivity contribution in [2.24, 2.45) is 0 Å². The van der Waals surface area contributed by atoms with E-state index in [1.807, 2.05) is 54.9 Å². The summed E-state index contributed by atoms with van der Waals surface area (Å²) in [5.74, 6) is -0.102. The molecule has 0 atom stereocenters. The second kappa shape index (κ2) is 6.20. The number of rotatable bonds is 3. The predicted octanol–water partition coefficient (Wildman–Crippen LogP) is 4.23. The van der Waals surface area contributed by atoms with E-state index in [4.69, 9.17) is 0 Å². The van der Waals surface area contributed by atoms with E-state index in [0.717, 1.165) is 35.6 Å². The van der Waals surface area contributed by atoms with Crippen molar-refractivity contribution in [3.63, 3.8) is 0 Å². The van der Waals surface area contributed by atoms with Crippen LogP contribution in [0.2, 0.25) is 0 Å². The number of aryl methyl sites for hydroxylation is 3. The minimum Gasteiger partial charge on any atom is -0.322 e. The number of para-hydroxylation sites is 1. The van der Waals surface area contributed by atoms with Gasteiger partial charge in [-0.25, -0.2) is 4.68 Å². The summed E-state index contributed by atoms with van der Waals surface area (Å²) in [6, 6.07) is 16.1. The number of nitrogens with zero attached hydrogens (tertiary/aromatic N) is 2. The summed E-state index contributed by atoms with van der Waals surface area (Å²) in [6.45, 7) is 3.81. The molecule has 1 aliphatic carbocycles. The zero-order valence-corrected chi connectivity index (χ0v) is 14.5. The molecule has 0 saturated heterocycles. The van der Waals surface area contributed by atoms with Gasteiger partial charge in [0.05, 0.1) is 22.6 Å². The fourth-order valence-corrected chi connectivity index (χ4v) is 3.64. The molecule has 0 saturated carbocycles. The molecular formula is C21H21N3O. The molecule has 0 fully saturated rings. The Morgan fingerprint density at radius 3 is 2.60 bits per heavy atom. The Balaban J connectivity index is 1.63. The Hall–Kier alpha value is -2.88. The average molecular weight is 331 g/mol. The summed E-state index contributed by atoms with van der Waals surface area (Å²) in [7, 11) is 0. The van der Waals surface area contributed by atoms with Gasteiger partial charge in [-0.3, -0.25) is 4.79 Å². The quantitative estimate of drug-likeness (QED) is 0.781. The van der Waals surface area contributed by atoms with Crippen LogP contribution in [-0.2, 0) is 12.8 Å². The van der Waals surface area contributed by atoms with Crippen molar-refractivity contribution in [3.8, 4) is 5.69 Å². The van der Waals surface area contributed by atoms with Crippen LogP contribution in [0.25, 0.3) is 5.69 Å². The first-order valence-corrected chi connectivity index (χ1v) is 8.68. The van der Waals surface area contributed by atoms with E-state index >= 15 is 0 Å². The van der Waals surface area contributed by atoms with Crippen molar-refractivity contribution < 1.29 is 4.79 Å². The van der Waals surface area contributed by atoms with Gasteiger partial charge in [-0.2, -0.15) is 5.10 Å². The van der Waals surface area contributed by atoms with Gasteiger partial charge in [-0.05, 0) is 68.5 Å². The fourth-order valence-electron chi connectivity index (χ4n) is 3.64. The Morgan fingerprint density at radius 1 is 1.04 bits per heavy atom. The summed E-state index contributed by atoms with van der Waals surface area (Å²) in [4.78, 5) is 12.8. The summed E-state index contributed by atoms with van der Waals surface area (Å²) >= 11 is 0. The van der Waals surface area contributed by atoms with Crippen LogP contribution in [0.5, 0.6) is 0 Å². The maximum absolute atomic E-state index is 12.8. The number of hydrogen-bond donors (Lipinski definition) is 1. The molecule has 0 spiro atoms. The summed E-state index contributed by atoms with van der Waals surface area (Å²) in [5, 5.41) is 7.60. The van der Waals surface area contributed by atoms with Crippen molar-refractivity contribution in [3.05, 3.63) is 76.6 Å². The molecule has 126 valence electrons. The highest BCUT2D eigenvalue weighted by atomic mass is 16.1. The van der Waals surface area contributed by atoms with Gasteiger partial charge in [0.2, 0.25) is 0 Å². The van der Waals surface area contributed by atoms with E-state index in [1.54, 1.807) is 0 Å². The van der Waals surface area contributed by atoms with Gasteiger partial charge in [0.15, 0.2) is 0 Å². The van der Waals surface area contributed by atoms with Crippen LogP contribution in [0, 0.1) is 13.8 Å². The number of nitrogens with one attached hydrogen (secondary N) is 1. The molecule has 4 rings (SSSR count). The topological polar surface area (TPSA) is 46.9 Å². The van der Waals surface area contributed by atoms with E-state index in [1.165, 1.54) is 17.5 Å².